The van der Waals surface area contributed by atoms with Crippen molar-refractivity contribution in [2.45, 2.75) is 31.8 Å². The van der Waals surface area contributed by atoms with Gasteiger partial charge in [0.05, 0.1) is 18.5 Å². The number of piperidine rings is 1. The number of benzene rings is 1. The van der Waals surface area contributed by atoms with Gasteiger partial charge in [-0.25, -0.2) is 4.98 Å². The third kappa shape index (κ3) is 2.75. The fraction of sp³-hybridized carbons (Fsp3) is 0.368. The molecule has 1 aromatic heterocycles. The number of halogens is 1. The smallest absolute Gasteiger partial charge is 0.227 e. The van der Waals surface area contributed by atoms with Crippen LogP contribution >= 0.6 is 0 Å². The Balaban J connectivity index is 1.41. The van der Waals surface area contributed by atoms with Gasteiger partial charge < -0.3 is 9.80 Å². The third-order valence-corrected chi connectivity index (χ3v) is 5.03. The maximum atomic E-state index is 13.3. The number of amides is 1. The maximum absolute atomic E-state index is 13.3. The Morgan fingerprint density at radius 1 is 1.21 bits per heavy atom. The van der Waals surface area contributed by atoms with Gasteiger partial charge in [0, 0.05) is 31.0 Å². The van der Waals surface area contributed by atoms with Gasteiger partial charge in [-0.1, -0.05) is 29.8 Å². The highest BCUT2D eigenvalue weighted by atomic mass is 19.1. The number of rotatable bonds is 3. The summed E-state index contributed by atoms with van der Waals surface area (Å²) in [6, 6.07) is 11.9. The number of carbonyl (C=O) groups is 1. The Hall–Kier alpha value is -2.43. The van der Waals surface area contributed by atoms with Crippen LogP contribution in [0.25, 0.3) is 0 Å². The molecule has 3 fully saturated rings. The number of nitrogens with zero attached hydrogens (tertiary/aromatic N) is 3. The molecule has 0 spiro atoms. The molecule has 5 heteroatoms. The van der Waals surface area contributed by atoms with E-state index in [0.717, 1.165) is 30.8 Å². The van der Waals surface area contributed by atoms with E-state index in [4.69, 9.17) is 0 Å². The van der Waals surface area contributed by atoms with E-state index in [-0.39, 0.29) is 18.0 Å². The lowest BCUT2D eigenvalue weighted by atomic mass is 9.86. The van der Waals surface area contributed by atoms with Gasteiger partial charge >= 0.3 is 0 Å². The van der Waals surface area contributed by atoms with Crippen molar-refractivity contribution >= 4 is 11.6 Å². The van der Waals surface area contributed by atoms with Crippen molar-refractivity contribution in [1.29, 1.82) is 0 Å². The first-order chi connectivity index (χ1) is 11.6. The normalized spacial score (nSPS) is 22.2. The highest BCUT2D eigenvalue weighted by Crippen LogP contribution is 2.35. The Morgan fingerprint density at radius 3 is 2.58 bits per heavy atom. The molecular formula is C19H20FN3O. The van der Waals surface area contributed by atoms with Crippen molar-refractivity contribution in [2.24, 2.45) is 0 Å². The SMILES string of the molecule is Cc1ccc(CC(=O)N2C3CC2CN(c2ccnc(F)c2)C3)cc1. The molecule has 0 N–H and O–H groups in total. The monoisotopic (exact) mass is 325 g/mol. The molecule has 4 nitrogen and oxygen atoms in total. The van der Waals surface area contributed by atoms with Gasteiger partial charge in [0.1, 0.15) is 0 Å². The summed E-state index contributed by atoms with van der Waals surface area (Å²) < 4.78 is 13.3. The van der Waals surface area contributed by atoms with Crippen LogP contribution in [0.4, 0.5) is 10.1 Å². The van der Waals surface area contributed by atoms with Gasteiger partial charge in [0.25, 0.3) is 0 Å². The third-order valence-electron chi connectivity index (χ3n) is 5.03. The van der Waals surface area contributed by atoms with Crippen LogP contribution in [-0.2, 0) is 11.2 Å². The molecule has 24 heavy (non-hydrogen) atoms. The highest BCUT2D eigenvalue weighted by molar-refractivity contribution is 5.81. The molecule has 1 amide bonds. The Bertz CT molecular complexity index is 749. The van der Waals surface area contributed by atoms with E-state index >= 15 is 0 Å². The first kappa shape index (κ1) is 15.1. The number of fused-ring (bicyclic) bond motifs is 2. The number of pyridine rings is 1. The predicted molar refractivity (Wildman–Crippen MR) is 90.3 cm³/mol. The molecule has 1 aromatic carbocycles. The molecule has 2 bridgehead atoms. The van der Waals surface area contributed by atoms with Crippen LogP contribution in [0.1, 0.15) is 17.5 Å². The zero-order valence-electron chi connectivity index (χ0n) is 13.7. The second-order valence-corrected chi connectivity index (χ2v) is 6.75. The largest absolute Gasteiger partial charge is 0.367 e. The van der Waals surface area contributed by atoms with Crippen molar-refractivity contribution in [3.63, 3.8) is 0 Å². The minimum Gasteiger partial charge on any atom is -0.367 e. The Labute approximate surface area is 140 Å². The van der Waals surface area contributed by atoms with Gasteiger partial charge in [-0.3, -0.25) is 4.79 Å². The fourth-order valence-electron chi connectivity index (χ4n) is 3.79. The summed E-state index contributed by atoms with van der Waals surface area (Å²) in [4.78, 5) is 20.4. The van der Waals surface area contributed by atoms with Crippen LogP contribution in [0.2, 0.25) is 0 Å². The number of hydrogen-bond acceptors (Lipinski definition) is 3. The molecule has 4 heterocycles. The number of piperazine rings is 1. The van der Waals surface area contributed by atoms with Crippen molar-refractivity contribution in [3.8, 4) is 0 Å². The molecule has 2 unspecified atom stereocenters. The van der Waals surface area contributed by atoms with Gasteiger partial charge in [-0.05, 0) is 25.0 Å². The summed E-state index contributed by atoms with van der Waals surface area (Å²) in [6.07, 6.45) is 2.99. The van der Waals surface area contributed by atoms with Crippen LogP contribution in [0.15, 0.2) is 42.6 Å². The molecule has 0 saturated carbocycles. The summed E-state index contributed by atoms with van der Waals surface area (Å²) in [6.45, 7) is 3.57. The number of aryl methyl sites for hydroxylation is 1. The Morgan fingerprint density at radius 2 is 1.92 bits per heavy atom. The van der Waals surface area contributed by atoms with E-state index in [1.807, 2.05) is 42.2 Å². The van der Waals surface area contributed by atoms with E-state index in [2.05, 4.69) is 9.88 Å². The van der Waals surface area contributed by atoms with Crippen LogP contribution in [0.5, 0.6) is 0 Å². The fourth-order valence-corrected chi connectivity index (χ4v) is 3.79. The van der Waals surface area contributed by atoms with Gasteiger partial charge in [0.2, 0.25) is 11.9 Å². The minimum absolute atomic E-state index is 0.195. The number of hydrogen-bond donors (Lipinski definition) is 0. The van der Waals surface area contributed by atoms with Crippen LogP contribution in [0.3, 0.4) is 0 Å². The maximum Gasteiger partial charge on any atom is 0.227 e. The van der Waals surface area contributed by atoms with E-state index in [0.29, 0.717) is 6.42 Å². The molecule has 0 aliphatic carbocycles. The predicted octanol–water partition coefficient (Wildman–Crippen LogP) is 2.56. The van der Waals surface area contributed by atoms with Crippen molar-refractivity contribution < 1.29 is 9.18 Å². The average molecular weight is 325 g/mol. The number of carbonyl (C=O) groups excluding carboxylic acids is 1. The van der Waals surface area contributed by atoms with Crippen molar-refractivity contribution in [3.05, 3.63) is 59.7 Å². The summed E-state index contributed by atoms with van der Waals surface area (Å²) in [5.74, 6) is -0.264. The van der Waals surface area contributed by atoms with Crippen LogP contribution in [-0.4, -0.2) is 41.0 Å². The second kappa shape index (κ2) is 5.89. The zero-order chi connectivity index (χ0) is 16.7. The van der Waals surface area contributed by atoms with Crippen LogP contribution < -0.4 is 4.90 Å². The molecule has 124 valence electrons. The quantitative estimate of drug-likeness (QED) is 0.814. The number of aromatic nitrogens is 1. The van der Waals surface area contributed by atoms with E-state index in [1.165, 1.54) is 17.8 Å². The van der Waals surface area contributed by atoms with Gasteiger partial charge in [-0.2, -0.15) is 4.39 Å². The lowest BCUT2D eigenvalue weighted by Crippen LogP contribution is -2.70. The lowest BCUT2D eigenvalue weighted by molar-refractivity contribution is -0.145. The van der Waals surface area contributed by atoms with Crippen molar-refractivity contribution in [2.75, 3.05) is 18.0 Å². The molecule has 2 atom stereocenters. The van der Waals surface area contributed by atoms with Crippen molar-refractivity contribution in [1.82, 2.24) is 9.88 Å². The molecule has 0 radical (unpaired) electrons. The highest BCUT2D eigenvalue weighted by Gasteiger charge is 2.46. The molecule has 3 aliphatic heterocycles. The molecule has 2 aromatic rings. The average Bonchev–Trinajstić information content (AvgIpc) is 2.57. The summed E-state index contributed by atoms with van der Waals surface area (Å²) >= 11 is 0. The summed E-state index contributed by atoms with van der Waals surface area (Å²) in [7, 11) is 0. The lowest BCUT2D eigenvalue weighted by Gasteiger charge is -2.57. The summed E-state index contributed by atoms with van der Waals surface area (Å²) in [5, 5.41) is 0. The molecule has 3 aliphatic rings. The molecule has 3 saturated heterocycles. The van der Waals surface area contributed by atoms with E-state index in [1.54, 1.807) is 0 Å². The Kier molecular flexibility index (Phi) is 3.71. The van der Waals surface area contributed by atoms with Gasteiger partial charge in [-0.15, -0.1) is 0 Å². The van der Waals surface area contributed by atoms with Gasteiger partial charge in [0.15, 0.2) is 0 Å². The van der Waals surface area contributed by atoms with E-state index < -0.39 is 5.95 Å². The van der Waals surface area contributed by atoms with E-state index in [9.17, 15) is 9.18 Å². The zero-order valence-corrected chi connectivity index (χ0v) is 13.7. The standard InChI is InChI=1S/C19H20FN3O/c1-13-2-4-14(5-3-13)8-19(24)23-16-9-17(23)12-22(11-16)15-6-7-21-18(20)10-15/h2-7,10,16-17H,8-9,11-12H2,1H3. The van der Waals surface area contributed by atoms with Crippen LogP contribution in [0, 0.1) is 12.9 Å². The first-order valence-corrected chi connectivity index (χ1v) is 8.33. The number of anilines is 1. The molecular weight excluding hydrogens is 305 g/mol. The molecule has 5 rings (SSSR count). The second-order valence-electron chi connectivity index (χ2n) is 6.75. The summed E-state index contributed by atoms with van der Waals surface area (Å²) in [5.41, 5.74) is 3.11. The topological polar surface area (TPSA) is 36.4 Å². The minimum atomic E-state index is -0.459. The first-order valence-electron chi connectivity index (χ1n) is 8.33.